The van der Waals surface area contributed by atoms with Gasteiger partial charge in [0.1, 0.15) is 4.90 Å². The predicted octanol–water partition coefficient (Wildman–Crippen LogP) is 3.88. The van der Waals surface area contributed by atoms with Gasteiger partial charge in [0.2, 0.25) is 0 Å². The lowest BCUT2D eigenvalue weighted by atomic mass is 9.49. The first-order valence-corrected chi connectivity index (χ1v) is 14.3. The Balaban J connectivity index is 1.30. The molecule has 0 radical (unpaired) electrons. The zero-order valence-electron chi connectivity index (χ0n) is 19.7. The van der Waals surface area contributed by atoms with Crippen LogP contribution in [0.2, 0.25) is 0 Å². The molecule has 178 valence electrons. The SMILES string of the molecule is CC1(O)CCC2C(CCC3C2CCC2(C)C(C(=O)Cn4cc(S(C)(=O)=O)cn4)CCC32)C1. The van der Waals surface area contributed by atoms with E-state index < -0.39 is 15.4 Å². The average Bonchev–Trinajstić information content (AvgIpc) is 3.30. The van der Waals surface area contributed by atoms with Crippen LogP contribution in [0.5, 0.6) is 0 Å². The molecule has 0 aromatic carbocycles. The lowest BCUT2D eigenvalue weighted by Crippen LogP contribution is -2.51. The number of nitrogens with zero attached hydrogens (tertiary/aromatic N) is 2. The van der Waals surface area contributed by atoms with Crippen LogP contribution in [0.3, 0.4) is 0 Å². The zero-order valence-corrected chi connectivity index (χ0v) is 20.5. The normalized spacial score (nSPS) is 43.9. The van der Waals surface area contributed by atoms with Gasteiger partial charge in [-0.05, 0) is 99.7 Å². The minimum absolute atomic E-state index is 0.0455. The number of fused-ring (bicyclic) bond motifs is 5. The second-order valence-electron chi connectivity index (χ2n) is 12.0. The van der Waals surface area contributed by atoms with Gasteiger partial charge in [-0.2, -0.15) is 5.10 Å². The zero-order chi connectivity index (χ0) is 22.9. The Hall–Kier alpha value is -1.21. The summed E-state index contributed by atoms with van der Waals surface area (Å²) in [5.41, 5.74) is -0.427. The molecule has 1 N–H and O–H groups in total. The molecule has 8 atom stereocenters. The first kappa shape index (κ1) is 22.6. The van der Waals surface area contributed by atoms with Crippen LogP contribution >= 0.6 is 0 Å². The van der Waals surface area contributed by atoms with E-state index in [2.05, 4.69) is 12.0 Å². The van der Waals surface area contributed by atoms with Gasteiger partial charge < -0.3 is 5.11 Å². The first-order valence-electron chi connectivity index (χ1n) is 12.5. The molecule has 4 saturated carbocycles. The fourth-order valence-corrected chi connectivity index (χ4v) is 9.05. The molecule has 4 aliphatic rings. The maximum atomic E-state index is 13.4. The van der Waals surface area contributed by atoms with Crippen LogP contribution in [0.1, 0.15) is 71.6 Å². The van der Waals surface area contributed by atoms with Crippen molar-refractivity contribution in [2.24, 2.45) is 40.9 Å². The van der Waals surface area contributed by atoms with Crippen LogP contribution in [0.4, 0.5) is 0 Å². The van der Waals surface area contributed by atoms with Gasteiger partial charge in [0.25, 0.3) is 0 Å². The smallest absolute Gasteiger partial charge is 0.178 e. The molecule has 32 heavy (non-hydrogen) atoms. The standard InChI is InChI=1S/C25H38N2O4S/c1-24(29)10-8-18-16(12-24)4-5-20-19(18)9-11-25(2)21(20)6-7-22(25)23(28)15-27-14-17(13-26-27)32(3,30)31/h13-14,16,18-22,29H,4-12,15H2,1-3H3. The second kappa shape index (κ2) is 7.66. The van der Waals surface area contributed by atoms with Gasteiger partial charge in [-0.15, -0.1) is 0 Å². The maximum absolute atomic E-state index is 13.4. The van der Waals surface area contributed by atoms with E-state index in [0.29, 0.717) is 11.8 Å². The summed E-state index contributed by atoms with van der Waals surface area (Å²) in [6, 6.07) is 0. The van der Waals surface area contributed by atoms with Crippen LogP contribution in [0.15, 0.2) is 17.3 Å². The monoisotopic (exact) mass is 462 g/mol. The molecule has 0 amide bonds. The van der Waals surface area contributed by atoms with Gasteiger partial charge in [-0.3, -0.25) is 9.48 Å². The van der Waals surface area contributed by atoms with Crippen molar-refractivity contribution < 1.29 is 18.3 Å². The van der Waals surface area contributed by atoms with E-state index in [0.717, 1.165) is 56.3 Å². The van der Waals surface area contributed by atoms with E-state index in [1.165, 1.54) is 42.6 Å². The Kier molecular flexibility index (Phi) is 5.40. The molecule has 0 bridgehead atoms. The molecule has 5 rings (SSSR count). The lowest BCUT2D eigenvalue weighted by Gasteiger charge is -2.56. The van der Waals surface area contributed by atoms with Gasteiger partial charge in [-0.1, -0.05) is 6.92 Å². The van der Waals surface area contributed by atoms with Crippen molar-refractivity contribution in [2.75, 3.05) is 6.26 Å². The summed E-state index contributed by atoms with van der Waals surface area (Å²) in [4.78, 5) is 13.5. The van der Waals surface area contributed by atoms with Crippen LogP contribution < -0.4 is 0 Å². The Bertz CT molecular complexity index is 999. The number of ketones is 1. The Morgan fingerprint density at radius 1 is 1.09 bits per heavy atom. The third-order valence-corrected chi connectivity index (χ3v) is 11.0. The Morgan fingerprint density at radius 2 is 1.84 bits per heavy atom. The van der Waals surface area contributed by atoms with Crippen molar-refractivity contribution in [1.29, 1.82) is 0 Å². The number of aromatic nitrogens is 2. The maximum Gasteiger partial charge on any atom is 0.178 e. The van der Waals surface area contributed by atoms with Crippen molar-refractivity contribution >= 4 is 15.6 Å². The third kappa shape index (κ3) is 3.77. The number of hydrogen-bond donors (Lipinski definition) is 1. The number of carbonyl (C=O) groups is 1. The van der Waals surface area contributed by atoms with E-state index in [1.807, 2.05) is 6.92 Å². The summed E-state index contributed by atoms with van der Waals surface area (Å²) in [6.45, 7) is 4.53. The highest BCUT2D eigenvalue weighted by Gasteiger charge is 2.58. The highest BCUT2D eigenvalue weighted by molar-refractivity contribution is 7.90. The summed E-state index contributed by atoms with van der Waals surface area (Å²) in [6.07, 6.45) is 13.9. The van der Waals surface area contributed by atoms with Gasteiger partial charge in [0.15, 0.2) is 15.6 Å². The van der Waals surface area contributed by atoms with E-state index in [9.17, 15) is 18.3 Å². The number of carbonyl (C=O) groups excluding carboxylic acids is 1. The number of Topliss-reactive ketones (excluding diaryl/α,β-unsaturated/α-hetero) is 1. The van der Waals surface area contributed by atoms with Crippen molar-refractivity contribution in [3.63, 3.8) is 0 Å². The molecule has 4 aliphatic carbocycles. The quantitative estimate of drug-likeness (QED) is 0.734. The minimum Gasteiger partial charge on any atom is -0.390 e. The molecule has 0 spiro atoms. The number of hydrogen-bond acceptors (Lipinski definition) is 5. The van der Waals surface area contributed by atoms with Gasteiger partial charge in [0.05, 0.1) is 18.3 Å². The van der Waals surface area contributed by atoms with Crippen molar-refractivity contribution in [3.8, 4) is 0 Å². The molecule has 7 heteroatoms. The summed E-state index contributed by atoms with van der Waals surface area (Å²) in [5.74, 6) is 3.78. The average molecular weight is 463 g/mol. The van der Waals surface area contributed by atoms with Crippen molar-refractivity contribution in [1.82, 2.24) is 9.78 Å². The Labute approximate surface area is 192 Å². The highest BCUT2D eigenvalue weighted by Crippen LogP contribution is 2.64. The summed E-state index contributed by atoms with van der Waals surface area (Å²) in [5, 5.41) is 14.7. The van der Waals surface area contributed by atoms with Gasteiger partial charge in [0, 0.05) is 18.4 Å². The fraction of sp³-hybridized carbons (Fsp3) is 0.840. The summed E-state index contributed by atoms with van der Waals surface area (Å²) < 4.78 is 25.0. The summed E-state index contributed by atoms with van der Waals surface area (Å²) in [7, 11) is -3.31. The molecule has 0 saturated heterocycles. The lowest BCUT2D eigenvalue weighted by molar-refractivity contribution is -0.133. The number of rotatable bonds is 4. The van der Waals surface area contributed by atoms with E-state index in [-0.39, 0.29) is 28.6 Å². The van der Waals surface area contributed by atoms with Gasteiger partial charge in [-0.25, -0.2) is 8.42 Å². The Morgan fingerprint density at radius 3 is 2.56 bits per heavy atom. The topological polar surface area (TPSA) is 89.3 Å². The van der Waals surface area contributed by atoms with Crippen LogP contribution in [0.25, 0.3) is 0 Å². The molecule has 6 nitrogen and oxygen atoms in total. The molecule has 8 unspecified atom stereocenters. The number of aliphatic hydroxyl groups is 1. The molecule has 4 fully saturated rings. The van der Waals surface area contributed by atoms with Gasteiger partial charge >= 0.3 is 0 Å². The van der Waals surface area contributed by atoms with Crippen LogP contribution in [-0.4, -0.2) is 40.9 Å². The highest BCUT2D eigenvalue weighted by atomic mass is 32.2. The molecular formula is C25H38N2O4S. The first-order chi connectivity index (χ1) is 15.0. The van der Waals surface area contributed by atoms with Crippen LogP contribution in [0, 0.1) is 40.9 Å². The molecule has 1 aromatic rings. The van der Waals surface area contributed by atoms with E-state index in [1.54, 1.807) is 0 Å². The van der Waals surface area contributed by atoms with E-state index in [4.69, 9.17) is 0 Å². The molecule has 1 aromatic heterocycles. The van der Waals surface area contributed by atoms with Crippen molar-refractivity contribution in [2.45, 2.75) is 88.7 Å². The van der Waals surface area contributed by atoms with E-state index >= 15 is 0 Å². The molecule has 0 aliphatic heterocycles. The minimum atomic E-state index is -3.31. The van der Waals surface area contributed by atoms with Crippen molar-refractivity contribution in [3.05, 3.63) is 12.4 Å². The fourth-order valence-electron chi connectivity index (χ4n) is 8.50. The third-order valence-electron chi connectivity index (χ3n) is 9.98. The molecular weight excluding hydrogens is 424 g/mol. The van der Waals surface area contributed by atoms with Crippen LogP contribution in [-0.2, 0) is 21.2 Å². The summed E-state index contributed by atoms with van der Waals surface area (Å²) >= 11 is 0. The number of sulfone groups is 1. The largest absolute Gasteiger partial charge is 0.390 e. The predicted molar refractivity (Wildman–Crippen MR) is 122 cm³/mol. The molecule has 1 heterocycles. The second-order valence-corrected chi connectivity index (χ2v) is 14.0.